The lowest BCUT2D eigenvalue weighted by Gasteiger charge is -2.31. The van der Waals surface area contributed by atoms with Gasteiger partial charge >= 0.3 is 0 Å². The summed E-state index contributed by atoms with van der Waals surface area (Å²) in [4.78, 5) is 27.6. The number of benzene rings is 2. The molecule has 0 aliphatic heterocycles. The van der Waals surface area contributed by atoms with E-state index in [1.807, 2.05) is 76.2 Å². The molecule has 0 spiro atoms. The largest absolute Gasteiger partial charge is 0.484 e. The van der Waals surface area contributed by atoms with Gasteiger partial charge in [-0.1, -0.05) is 50.6 Å². The second-order valence-electron chi connectivity index (χ2n) is 7.82. The first-order valence-electron chi connectivity index (χ1n) is 10.3. The fourth-order valence-electron chi connectivity index (χ4n) is 3.11. The zero-order chi connectivity index (χ0) is 22.1. The van der Waals surface area contributed by atoms with Crippen LogP contribution in [0.2, 0.25) is 0 Å². The summed E-state index contributed by atoms with van der Waals surface area (Å²) in [6.07, 6.45) is 0.533. The maximum atomic E-state index is 13.1. The highest BCUT2D eigenvalue weighted by Gasteiger charge is 2.29. The van der Waals surface area contributed by atoms with Crippen LogP contribution in [0.15, 0.2) is 48.5 Å². The van der Waals surface area contributed by atoms with Gasteiger partial charge in [-0.2, -0.15) is 0 Å². The minimum atomic E-state index is -0.544. The standard InChI is InChI=1S/C24H31IN2O3/c1-5-22(24(29)26-14-17(2)3)27(15-19-8-6-7-18(4)13-19)23(28)16-30-21-11-9-20(25)10-12-21/h6-13,17,22H,5,14-16H2,1-4H3,(H,26,29)/t22-/m0/s1. The van der Waals surface area contributed by atoms with Gasteiger partial charge in [-0.25, -0.2) is 0 Å². The number of aryl methyl sites for hydroxylation is 1. The van der Waals surface area contributed by atoms with E-state index in [1.54, 1.807) is 4.90 Å². The van der Waals surface area contributed by atoms with Crippen LogP contribution in [0.3, 0.4) is 0 Å². The fraction of sp³-hybridized carbons (Fsp3) is 0.417. The second-order valence-corrected chi connectivity index (χ2v) is 9.06. The van der Waals surface area contributed by atoms with Crippen molar-refractivity contribution in [3.8, 4) is 5.75 Å². The van der Waals surface area contributed by atoms with Gasteiger partial charge in [0.05, 0.1) is 0 Å². The molecule has 0 radical (unpaired) electrons. The van der Waals surface area contributed by atoms with E-state index in [4.69, 9.17) is 4.74 Å². The molecule has 5 nitrogen and oxygen atoms in total. The maximum Gasteiger partial charge on any atom is 0.261 e. The first-order chi connectivity index (χ1) is 14.3. The molecule has 1 N–H and O–H groups in total. The summed E-state index contributed by atoms with van der Waals surface area (Å²) in [5, 5.41) is 2.97. The van der Waals surface area contributed by atoms with E-state index in [0.29, 0.717) is 31.2 Å². The van der Waals surface area contributed by atoms with Gasteiger partial charge in [0.15, 0.2) is 6.61 Å². The summed E-state index contributed by atoms with van der Waals surface area (Å²) < 4.78 is 6.81. The average Bonchev–Trinajstić information content (AvgIpc) is 2.71. The van der Waals surface area contributed by atoms with E-state index >= 15 is 0 Å². The molecule has 162 valence electrons. The zero-order valence-corrected chi connectivity index (χ0v) is 20.3. The number of hydrogen-bond acceptors (Lipinski definition) is 3. The van der Waals surface area contributed by atoms with Crippen molar-refractivity contribution in [2.45, 2.75) is 46.7 Å². The van der Waals surface area contributed by atoms with E-state index in [9.17, 15) is 9.59 Å². The maximum absolute atomic E-state index is 13.1. The summed E-state index contributed by atoms with van der Waals surface area (Å²) in [5.74, 6) is 0.649. The molecule has 0 unspecified atom stereocenters. The lowest BCUT2D eigenvalue weighted by Crippen LogP contribution is -2.50. The molecule has 0 saturated carbocycles. The Morgan fingerprint density at radius 3 is 2.43 bits per heavy atom. The van der Waals surface area contributed by atoms with Crippen LogP contribution in [-0.4, -0.2) is 35.9 Å². The minimum absolute atomic E-state index is 0.111. The highest BCUT2D eigenvalue weighted by atomic mass is 127. The van der Waals surface area contributed by atoms with Gasteiger partial charge in [-0.3, -0.25) is 9.59 Å². The third-order valence-corrected chi connectivity index (χ3v) is 5.40. The van der Waals surface area contributed by atoms with Crippen LogP contribution in [0, 0.1) is 16.4 Å². The molecule has 0 aromatic heterocycles. The molecule has 0 heterocycles. The number of hydrogen-bond donors (Lipinski definition) is 1. The highest BCUT2D eigenvalue weighted by Crippen LogP contribution is 2.16. The van der Waals surface area contributed by atoms with E-state index in [-0.39, 0.29) is 18.4 Å². The molecule has 0 fully saturated rings. The van der Waals surface area contributed by atoms with Crippen LogP contribution in [0.5, 0.6) is 5.75 Å². The summed E-state index contributed by atoms with van der Waals surface area (Å²) in [6.45, 7) is 8.88. The molecule has 2 amide bonds. The third-order valence-electron chi connectivity index (χ3n) is 4.68. The molecule has 2 aromatic carbocycles. The lowest BCUT2D eigenvalue weighted by molar-refractivity contribution is -0.143. The van der Waals surface area contributed by atoms with Crippen LogP contribution in [0.4, 0.5) is 0 Å². The van der Waals surface area contributed by atoms with E-state index < -0.39 is 6.04 Å². The van der Waals surface area contributed by atoms with Crippen molar-refractivity contribution in [1.29, 1.82) is 0 Å². The van der Waals surface area contributed by atoms with Crippen molar-refractivity contribution in [3.63, 3.8) is 0 Å². The molecule has 0 aliphatic rings. The molecule has 0 aliphatic carbocycles. The van der Waals surface area contributed by atoms with Crippen molar-refractivity contribution < 1.29 is 14.3 Å². The number of amides is 2. The van der Waals surface area contributed by atoms with Gasteiger partial charge in [-0.05, 0) is 71.7 Å². The van der Waals surface area contributed by atoms with Crippen molar-refractivity contribution >= 4 is 34.4 Å². The molecule has 0 saturated heterocycles. The van der Waals surface area contributed by atoms with Crippen molar-refractivity contribution in [2.75, 3.05) is 13.2 Å². The summed E-state index contributed by atoms with van der Waals surface area (Å²) in [5.41, 5.74) is 2.11. The topological polar surface area (TPSA) is 58.6 Å². The first kappa shape index (κ1) is 24.2. The number of carbonyl (C=O) groups excluding carboxylic acids is 2. The van der Waals surface area contributed by atoms with Gasteiger partial charge in [0, 0.05) is 16.7 Å². The fourth-order valence-corrected chi connectivity index (χ4v) is 3.47. The van der Waals surface area contributed by atoms with Crippen LogP contribution in [0.1, 0.15) is 38.3 Å². The third kappa shape index (κ3) is 7.63. The Labute approximate surface area is 193 Å². The lowest BCUT2D eigenvalue weighted by atomic mass is 10.1. The molecule has 6 heteroatoms. The molecule has 1 atom stereocenters. The minimum Gasteiger partial charge on any atom is -0.484 e. The van der Waals surface area contributed by atoms with Gasteiger partial charge in [-0.15, -0.1) is 0 Å². The van der Waals surface area contributed by atoms with Crippen LogP contribution >= 0.6 is 22.6 Å². The quantitative estimate of drug-likeness (QED) is 0.466. The van der Waals surface area contributed by atoms with Gasteiger partial charge in [0.2, 0.25) is 5.91 Å². The monoisotopic (exact) mass is 522 g/mol. The number of nitrogens with zero attached hydrogens (tertiary/aromatic N) is 1. The van der Waals surface area contributed by atoms with Crippen molar-refractivity contribution in [1.82, 2.24) is 10.2 Å². The first-order valence-corrected chi connectivity index (χ1v) is 11.4. The van der Waals surface area contributed by atoms with E-state index in [1.165, 1.54) is 0 Å². The summed E-state index contributed by atoms with van der Waals surface area (Å²) in [7, 11) is 0. The number of ether oxygens (including phenoxy) is 1. The summed E-state index contributed by atoms with van der Waals surface area (Å²) >= 11 is 2.22. The Bertz CT molecular complexity index is 837. The Morgan fingerprint density at radius 1 is 1.13 bits per heavy atom. The van der Waals surface area contributed by atoms with Gasteiger partial charge < -0.3 is 15.0 Å². The average molecular weight is 522 g/mol. The zero-order valence-electron chi connectivity index (χ0n) is 18.2. The molecular formula is C24H31IN2O3. The van der Waals surface area contributed by atoms with E-state index in [0.717, 1.165) is 14.7 Å². The van der Waals surface area contributed by atoms with E-state index in [2.05, 4.69) is 27.9 Å². The Kier molecular flexibility index (Phi) is 9.62. The predicted molar refractivity (Wildman–Crippen MR) is 128 cm³/mol. The number of halogens is 1. The Hall–Kier alpha value is -2.09. The smallest absolute Gasteiger partial charge is 0.261 e. The second kappa shape index (κ2) is 11.9. The number of rotatable bonds is 10. The number of nitrogens with one attached hydrogen (secondary N) is 1. The molecule has 2 aromatic rings. The predicted octanol–water partition coefficient (Wildman–Crippen LogP) is 4.56. The Balaban J connectivity index is 2.18. The van der Waals surface area contributed by atoms with Crippen LogP contribution < -0.4 is 10.1 Å². The van der Waals surface area contributed by atoms with Gasteiger partial charge in [0.25, 0.3) is 5.91 Å². The Morgan fingerprint density at radius 2 is 1.83 bits per heavy atom. The highest BCUT2D eigenvalue weighted by molar-refractivity contribution is 14.1. The summed E-state index contributed by atoms with van der Waals surface area (Å²) in [6, 6.07) is 15.0. The normalized spacial score (nSPS) is 11.8. The number of carbonyl (C=O) groups is 2. The molecule has 2 rings (SSSR count). The molecule has 30 heavy (non-hydrogen) atoms. The van der Waals surface area contributed by atoms with Crippen molar-refractivity contribution in [2.24, 2.45) is 5.92 Å². The van der Waals surface area contributed by atoms with Crippen LogP contribution in [-0.2, 0) is 16.1 Å². The van der Waals surface area contributed by atoms with Crippen molar-refractivity contribution in [3.05, 3.63) is 63.2 Å². The van der Waals surface area contributed by atoms with Crippen LogP contribution in [0.25, 0.3) is 0 Å². The molecular weight excluding hydrogens is 491 g/mol. The molecule has 0 bridgehead atoms. The van der Waals surface area contributed by atoms with Gasteiger partial charge in [0.1, 0.15) is 11.8 Å². The SMILES string of the molecule is CC[C@@H](C(=O)NCC(C)C)N(Cc1cccc(C)c1)C(=O)COc1ccc(I)cc1.